The zero-order chi connectivity index (χ0) is 59.7. The van der Waals surface area contributed by atoms with E-state index in [0.29, 0.717) is 47.3 Å². The lowest BCUT2D eigenvalue weighted by molar-refractivity contribution is 0.421. The van der Waals surface area contributed by atoms with Gasteiger partial charge in [0.05, 0.1) is 27.8 Å². The van der Waals surface area contributed by atoms with Crippen molar-refractivity contribution in [1.29, 1.82) is 0 Å². The van der Waals surface area contributed by atoms with Crippen LogP contribution in [0.1, 0.15) is 387 Å². The summed E-state index contributed by atoms with van der Waals surface area (Å²) in [7, 11) is 2.04. The zero-order valence-electron chi connectivity index (χ0n) is 56.8. The number of H-pyrrole nitrogens is 1. The Balaban J connectivity index is -0.000000112. The molecule has 0 radical (unpaired) electrons. The van der Waals surface area contributed by atoms with E-state index < -0.39 is 0 Å². The number of rotatable bonds is 8. The lowest BCUT2D eigenvalue weighted by Gasteiger charge is -2.06. The van der Waals surface area contributed by atoms with Gasteiger partial charge < -0.3 is 9.40 Å². The molecule has 7 nitrogen and oxygen atoms in total. The summed E-state index contributed by atoms with van der Waals surface area (Å²) in [6.07, 6.45) is 10.0. The lowest BCUT2D eigenvalue weighted by atomic mass is 10.0. The van der Waals surface area contributed by atoms with Gasteiger partial charge >= 0.3 is 0 Å². The SMILES string of the molecule is CCC.CCC.CCC.CCC.CCC.CCC.CCC.CCC.Cc1[nH]c(C(C)C)nc1C(C)C.Cc1c(C(C)C)nn(C)c1C(C)C.Cc1nc(C(C)C)oc1C(C)C.Cc1nc(C(C)C)sc1C(C)C. The lowest BCUT2D eigenvalue weighted by Crippen LogP contribution is -2.00. The summed E-state index contributed by atoms with van der Waals surface area (Å²) in [6, 6.07) is 0. The van der Waals surface area contributed by atoms with Gasteiger partial charge in [0.1, 0.15) is 11.6 Å². The number of hydrogen-bond acceptors (Lipinski definition) is 6. The molecule has 0 aliphatic rings. The van der Waals surface area contributed by atoms with E-state index in [-0.39, 0.29) is 0 Å². The van der Waals surface area contributed by atoms with Gasteiger partial charge in [0, 0.05) is 47.0 Å². The molecule has 8 heteroatoms. The zero-order valence-corrected chi connectivity index (χ0v) is 57.6. The minimum absolute atomic E-state index is 0.385. The third-order valence-electron chi connectivity index (χ3n) is 8.24. The van der Waals surface area contributed by atoms with Gasteiger partial charge in [-0.25, -0.2) is 15.0 Å². The molecule has 0 amide bonds. The van der Waals surface area contributed by atoms with Crippen LogP contribution in [0, 0.1) is 27.7 Å². The number of aromatic nitrogens is 6. The molecule has 0 fully saturated rings. The van der Waals surface area contributed by atoms with E-state index in [1.165, 1.54) is 95.3 Å². The number of nitrogens with one attached hydrogen (secondary N) is 1. The minimum Gasteiger partial charge on any atom is -0.445 e. The molecule has 4 rings (SSSR count). The van der Waals surface area contributed by atoms with Gasteiger partial charge in [-0.15, -0.1) is 11.3 Å². The first-order chi connectivity index (χ1) is 33.8. The van der Waals surface area contributed by atoms with E-state index in [2.05, 4.69) is 267 Å². The number of aryl methyl sites for hydroxylation is 4. The van der Waals surface area contributed by atoms with Gasteiger partial charge in [0.2, 0.25) is 0 Å². The molecule has 4 aromatic heterocycles. The second-order valence-electron chi connectivity index (χ2n) is 21.5. The fraction of sp³-hybridized carbons (Fsp3) is 0.815. The van der Waals surface area contributed by atoms with E-state index in [1.807, 2.05) is 30.0 Å². The highest BCUT2D eigenvalue weighted by atomic mass is 32.1. The molecule has 0 bridgehead atoms. The molecule has 0 saturated carbocycles. The molecule has 0 unspecified atom stereocenters. The van der Waals surface area contributed by atoms with Crippen LogP contribution in [0.5, 0.6) is 0 Å². The number of thiazole rings is 1. The highest BCUT2D eigenvalue weighted by Gasteiger charge is 2.17. The number of nitrogens with zero attached hydrogens (tertiary/aromatic N) is 5. The Bertz CT molecular complexity index is 1520. The molecular formula is C65H136N6OS. The molecule has 1 N–H and O–H groups in total. The Morgan fingerprint density at radius 2 is 0.795 bits per heavy atom. The van der Waals surface area contributed by atoms with Crippen molar-refractivity contribution in [3.8, 4) is 0 Å². The van der Waals surface area contributed by atoms with Gasteiger partial charge in [-0.05, 0) is 56.9 Å². The maximum Gasteiger partial charge on any atom is 0.197 e. The van der Waals surface area contributed by atoms with E-state index in [1.54, 1.807) is 0 Å². The third kappa shape index (κ3) is 47.5. The monoisotopic (exact) mass is 1050 g/mol. The average molecular weight is 1050 g/mol. The minimum atomic E-state index is 0.385. The van der Waals surface area contributed by atoms with E-state index in [9.17, 15) is 0 Å². The standard InChI is InChI=1S/C11H20N2.C10H18N2.C10H17NO.C10H17NS.8C3H8/c1-7(2)10-9(5)11(8(3)4)13(6)12-10;3*1-6(2)9-8(5)11-10(12-9)7(3)4;8*1-3-2/h7-8H,1-6H3;6-7H,1-5H3,(H,11,12);2*6-7H,1-5H3;8*3H2,1-2H3. The van der Waals surface area contributed by atoms with Crippen molar-refractivity contribution in [2.75, 3.05) is 0 Å². The topological polar surface area (TPSA) is 85.4 Å². The first-order valence-corrected chi connectivity index (χ1v) is 30.7. The summed E-state index contributed by atoms with van der Waals surface area (Å²) in [4.78, 5) is 18.2. The molecule has 0 spiro atoms. The Hall–Kier alpha value is -2.74. The second kappa shape index (κ2) is 57.0. The van der Waals surface area contributed by atoms with Gasteiger partial charge in [-0.2, -0.15) is 5.10 Å². The van der Waals surface area contributed by atoms with Gasteiger partial charge in [-0.1, -0.05) is 273 Å². The van der Waals surface area contributed by atoms with Gasteiger partial charge in [-0.3, -0.25) is 4.68 Å². The van der Waals surface area contributed by atoms with Crippen LogP contribution in [0.3, 0.4) is 0 Å². The molecule has 438 valence electrons. The van der Waals surface area contributed by atoms with Crippen LogP contribution >= 0.6 is 11.3 Å². The van der Waals surface area contributed by atoms with Crippen LogP contribution < -0.4 is 0 Å². The van der Waals surface area contributed by atoms with Crippen LogP contribution in [0.25, 0.3) is 0 Å². The number of aromatic amines is 1. The quantitative estimate of drug-likeness (QED) is 0.190. The maximum atomic E-state index is 5.63. The predicted molar refractivity (Wildman–Crippen MR) is 340 cm³/mol. The molecule has 73 heavy (non-hydrogen) atoms. The van der Waals surface area contributed by atoms with Gasteiger partial charge in [0.15, 0.2) is 5.89 Å². The van der Waals surface area contributed by atoms with Crippen molar-refractivity contribution in [3.05, 3.63) is 67.1 Å². The summed E-state index contributed by atoms with van der Waals surface area (Å²) in [6.45, 7) is 77.1. The molecule has 0 aliphatic heterocycles. The largest absolute Gasteiger partial charge is 0.445 e. The van der Waals surface area contributed by atoms with E-state index >= 15 is 0 Å². The fourth-order valence-electron chi connectivity index (χ4n) is 5.78. The van der Waals surface area contributed by atoms with Crippen LogP contribution in [-0.4, -0.2) is 29.7 Å². The molecule has 0 saturated heterocycles. The average Bonchev–Trinajstić information content (AvgIpc) is 4.05. The fourth-order valence-corrected chi connectivity index (χ4v) is 6.85. The van der Waals surface area contributed by atoms with Crippen molar-refractivity contribution in [2.24, 2.45) is 7.05 Å². The molecule has 4 heterocycles. The summed E-state index contributed by atoms with van der Waals surface area (Å²) in [5, 5.41) is 5.82. The third-order valence-corrected chi connectivity index (χ3v) is 10.00. The van der Waals surface area contributed by atoms with Crippen molar-refractivity contribution < 1.29 is 4.42 Å². The molecule has 0 aliphatic carbocycles. The van der Waals surface area contributed by atoms with Crippen molar-refractivity contribution in [2.45, 2.75) is 348 Å². The summed E-state index contributed by atoms with van der Waals surface area (Å²) in [5.41, 5.74) is 8.65. The maximum absolute atomic E-state index is 5.63. The number of oxazole rings is 1. The van der Waals surface area contributed by atoms with Crippen LogP contribution in [0.4, 0.5) is 0 Å². The molecule has 4 aromatic rings. The highest BCUT2D eigenvalue weighted by Crippen LogP contribution is 2.30. The first-order valence-electron chi connectivity index (χ1n) is 29.9. The Morgan fingerprint density at radius 1 is 0.425 bits per heavy atom. The number of imidazole rings is 1. The van der Waals surface area contributed by atoms with Gasteiger partial charge in [0.25, 0.3) is 0 Å². The van der Waals surface area contributed by atoms with Crippen molar-refractivity contribution in [3.63, 3.8) is 0 Å². The highest BCUT2D eigenvalue weighted by molar-refractivity contribution is 7.11. The second-order valence-corrected chi connectivity index (χ2v) is 22.6. The Morgan fingerprint density at radius 3 is 0.959 bits per heavy atom. The first kappa shape index (κ1) is 86.9. The molecule has 0 atom stereocenters. The summed E-state index contributed by atoms with van der Waals surface area (Å²) < 4.78 is 7.65. The molecular weight excluding hydrogens is 913 g/mol. The van der Waals surface area contributed by atoms with Crippen LogP contribution in [-0.2, 0) is 7.05 Å². The van der Waals surface area contributed by atoms with Crippen LogP contribution in [0.15, 0.2) is 4.42 Å². The number of hydrogen-bond donors (Lipinski definition) is 1. The van der Waals surface area contributed by atoms with Crippen molar-refractivity contribution >= 4 is 11.3 Å². The molecule has 0 aromatic carbocycles. The van der Waals surface area contributed by atoms with E-state index in [0.717, 1.165) is 23.2 Å². The smallest absolute Gasteiger partial charge is 0.197 e. The van der Waals surface area contributed by atoms with E-state index in [4.69, 9.17) is 4.42 Å². The Labute approximate surface area is 465 Å². The van der Waals surface area contributed by atoms with Crippen LogP contribution in [0.2, 0.25) is 0 Å². The normalized spacial score (nSPS) is 9.77. The Kier molecular flexibility index (Phi) is 67.9. The summed E-state index contributed by atoms with van der Waals surface area (Å²) >= 11 is 1.86. The summed E-state index contributed by atoms with van der Waals surface area (Å²) in [5.74, 6) is 7.11. The van der Waals surface area contributed by atoms with Crippen molar-refractivity contribution in [1.82, 2.24) is 29.7 Å². The predicted octanol–water partition coefficient (Wildman–Crippen LogP) is 24.2.